The van der Waals surface area contributed by atoms with E-state index in [2.05, 4.69) is 22.8 Å². The largest absolute Gasteiger partial charge is 0.355 e. The van der Waals surface area contributed by atoms with E-state index >= 15 is 0 Å². The van der Waals surface area contributed by atoms with Gasteiger partial charge in [0.25, 0.3) is 0 Å². The molecule has 0 radical (unpaired) electrons. The van der Waals surface area contributed by atoms with E-state index in [1.54, 1.807) is 0 Å². The minimum atomic E-state index is -0.233. The summed E-state index contributed by atoms with van der Waals surface area (Å²) in [6.45, 7) is 3.82. The third kappa shape index (κ3) is 7.24. The van der Waals surface area contributed by atoms with Gasteiger partial charge in [0.1, 0.15) is 0 Å². The Morgan fingerprint density at radius 3 is 2.42 bits per heavy atom. The predicted molar refractivity (Wildman–Crippen MR) is 120 cm³/mol. The Bertz CT molecular complexity index is 908. The van der Waals surface area contributed by atoms with Gasteiger partial charge in [0.15, 0.2) is 0 Å². The summed E-state index contributed by atoms with van der Waals surface area (Å²) in [4.78, 5) is 38.2. The van der Waals surface area contributed by atoms with E-state index in [1.165, 1.54) is 16.7 Å². The third-order valence-corrected chi connectivity index (χ3v) is 5.58. The molecule has 0 bridgehead atoms. The molecule has 2 N–H and O–H groups in total. The fourth-order valence-electron chi connectivity index (χ4n) is 3.68. The zero-order chi connectivity index (χ0) is 22.1. The van der Waals surface area contributed by atoms with Crippen LogP contribution in [0.2, 0.25) is 0 Å². The Balaban J connectivity index is 1.26. The maximum absolute atomic E-state index is 12.4. The van der Waals surface area contributed by atoms with E-state index in [4.69, 9.17) is 0 Å². The molecule has 2 aromatic rings. The summed E-state index contributed by atoms with van der Waals surface area (Å²) in [7, 11) is 0. The lowest BCUT2D eigenvalue weighted by atomic mass is 9.99. The number of nitrogens with one attached hydrogen (secondary N) is 2. The Morgan fingerprint density at radius 2 is 1.65 bits per heavy atom. The number of fused-ring (bicyclic) bond motifs is 1. The SMILES string of the molecule is Cc1ccc(CCC(=O)NCC(=O)NCCCC(=O)N2CCc3ccccc3C2)cc1. The average molecular weight is 422 g/mol. The van der Waals surface area contributed by atoms with Crippen molar-refractivity contribution in [3.63, 3.8) is 0 Å². The van der Waals surface area contributed by atoms with E-state index in [0.29, 0.717) is 38.8 Å². The number of nitrogens with zero attached hydrogens (tertiary/aromatic N) is 1. The Labute approximate surface area is 184 Å². The lowest BCUT2D eigenvalue weighted by Crippen LogP contribution is -2.38. The van der Waals surface area contributed by atoms with Crippen LogP contribution >= 0.6 is 0 Å². The lowest BCUT2D eigenvalue weighted by Gasteiger charge is -2.29. The summed E-state index contributed by atoms with van der Waals surface area (Å²) in [6.07, 6.45) is 2.89. The molecule has 3 amide bonds. The molecule has 0 saturated heterocycles. The summed E-state index contributed by atoms with van der Waals surface area (Å²) in [5.74, 6) is -0.257. The van der Waals surface area contributed by atoms with Gasteiger partial charge in [-0.1, -0.05) is 54.1 Å². The van der Waals surface area contributed by atoms with Crippen LogP contribution in [-0.4, -0.2) is 42.3 Å². The third-order valence-electron chi connectivity index (χ3n) is 5.58. The van der Waals surface area contributed by atoms with Crippen molar-refractivity contribution in [2.45, 2.75) is 45.6 Å². The Hall–Kier alpha value is -3.15. The van der Waals surface area contributed by atoms with E-state index in [9.17, 15) is 14.4 Å². The second-order valence-corrected chi connectivity index (χ2v) is 8.05. The number of benzene rings is 2. The number of carbonyl (C=O) groups excluding carboxylic acids is 3. The molecule has 6 nitrogen and oxygen atoms in total. The molecule has 0 aliphatic carbocycles. The van der Waals surface area contributed by atoms with Crippen molar-refractivity contribution in [2.24, 2.45) is 0 Å². The lowest BCUT2D eigenvalue weighted by molar-refractivity contribution is -0.132. The summed E-state index contributed by atoms with van der Waals surface area (Å²) < 4.78 is 0. The second-order valence-electron chi connectivity index (χ2n) is 8.05. The van der Waals surface area contributed by atoms with Crippen molar-refractivity contribution in [3.8, 4) is 0 Å². The Morgan fingerprint density at radius 1 is 0.903 bits per heavy atom. The molecule has 2 aromatic carbocycles. The van der Waals surface area contributed by atoms with Gasteiger partial charge in [-0.2, -0.15) is 0 Å². The molecular weight excluding hydrogens is 390 g/mol. The van der Waals surface area contributed by atoms with Crippen molar-refractivity contribution in [1.29, 1.82) is 0 Å². The maximum Gasteiger partial charge on any atom is 0.239 e. The minimum Gasteiger partial charge on any atom is -0.355 e. The highest BCUT2D eigenvalue weighted by Crippen LogP contribution is 2.19. The van der Waals surface area contributed by atoms with Crippen LogP contribution in [0.4, 0.5) is 0 Å². The predicted octanol–water partition coefficient (Wildman–Crippen LogP) is 2.53. The monoisotopic (exact) mass is 421 g/mol. The smallest absolute Gasteiger partial charge is 0.239 e. The molecule has 3 rings (SSSR count). The molecule has 6 heteroatoms. The van der Waals surface area contributed by atoms with E-state index < -0.39 is 0 Å². The molecule has 0 aromatic heterocycles. The highest BCUT2D eigenvalue weighted by molar-refractivity contribution is 5.84. The normalized spacial score (nSPS) is 12.7. The molecular formula is C25H31N3O3. The van der Waals surface area contributed by atoms with Crippen LogP contribution in [0, 0.1) is 6.92 Å². The van der Waals surface area contributed by atoms with Gasteiger partial charge >= 0.3 is 0 Å². The fraction of sp³-hybridized carbons (Fsp3) is 0.400. The van der Waals surface area contributed by atoms with Gasteiger partial charge in [0.05, 0.1) is 6.54 Å². The number of hydrogen-bond acceptors (Lipinski definition) is 3. The first-order chi connectivity index (χ1) is 15.0. The quantitative estimate of drug-likeness (QED) is 0.611. The van der Waals surface area contributed by atoms with Crippen LogP contribution < -0.4 is 10.6 Å². The van der Waals surface area contributed by atoms with E-state index in [0.717, 1.165) is 18.5 Å². The zero-order valence-electron chi connectivity index (χ0n) is 18.2. The van der Waals surface area contributed by atoms with Gasteiger partial charge in [-0.25, -0.2) is 0 Å². The van der Waals surface area contributed by atoms with Gasteiger partial charge in [-0.3, -0.25) is 14.4 Å². The van der Waals surface area contributed by atoms with Gasteiger partial charge in [-0.05, 0) is 42.9 Å². The van der Waals surface area contributed by atoms with Crippen molar-refractivity contribution in [1.82, 2.24) is 15.5 Å². The molecule has 1 aliphatic rings. The summed E-state index contributed by atoms with van der Waals surface area (Å²) >= 11 is 0. The zero-order valence-corrected chi connectivity index (χ0v) is 18.2. The summed E-state index contributed by atoms with van der Waals surface area (Å²) in [6, 6.07) is 16.3. The number of amides is 3. The highest BCUT2D eigenvalue weighted by Gasteiger charge is 2.19. The molecule has 31 heavy (non-hydrogen) atoms. The molecule has 0 spiro atoms. The van der Waals surface area contributed by atoms with Gasteiger partial charge in [-0.15, -0.1) is 0 Å². The molecule has 0 fully saturated rings. The van der Waals surface area contributed by atoms with Crippen molar-refractivity contribution >= 4 is 17.7 Å². The van der Waals surface area contributed by atoms with Gasteiger partial charge < -0.3 is 15.5 Å². The first kappa shape index (κ1) is 22.5. The van der Waals surface area contributed by atoms with Crippen LogP contribution in [0.25, 0.3) is 0 Å². The van der Waals surface area contributed by atoms with Crippen LogP contribution in [0.3, 0.4) is 0 Å². The van der Waals surface area contributed by atoms with Crippen LogP contribution in [0.1, 0.15) is 41.5 Å². The molecule has 0 unspecified atom stereocenters. The van der Waals surface area contributed by atoms with Crippen LogP contribution in [-0.2, 0) is 33.8 Å². The average Bonchev–Trinajstić information content (AvgIpc) is 2.79. The van der Waals surface area contributed by atoms with Gasteiger partial charge in [0, 0.05) is 32.5 Å². The second kappa shape index (κ2) is 11.3. The van der Waals surface area contributed by atoms with Crippen molar-refractivity contribution in [2.75, 3.05) is 19.6 Å². The maximum atomic E-state index is 12.4. The standard InChI is InChI=1S/C25H31N3O3/c1-19-8-10-20(11-9-19)12-13-23(29)27-17-24(30)26-15-4-7-25(31)28-16-14-21-5-2-3-6-22(21)18-28/h2-3,5-6,8-11H,4,7,12-18H2,1H3,(H,26,30)(H,27,29). The van der Waals surface area contributed by atoms with Crippen molar-refractivity contribution < 1.29 is 14.4 Å². The first-order valence-electron chi connectivity index (χ1n) is 10.9. The molecule has 0 atom stereocenters. The molecule has 1 heterocycles. The summed E-state index contributed by atoms with van der Waals surface area (Å²) in [5, 5.41) is 5.42. The van der Waals surface area contributed by atoms with Crippen molar-refractivity contribution in [3.05, 3.63) is 70.8 Å². The molecule has 1 aliphatic heterocycles. The highest BCUT2D eigenvalue weighted by atomic mass is 16.2. The molecule has 164 valence electrons. The summed E-state index contributed by atoms with van der Waals surface area (Å²) in [5.41, 5.74) is 4.83. The van der Waals surface area contributed by atoms with E-state index in [1.807, 2.05) is 48.2 Å². The molecule has 0 saturated carbocycles. The number of aryl methyl sites for hydroxylation is 2. The first-order valence-corrected chi connectivity index (χ1v) is 10.9. The Kier molecular flexibility index (Phi) is 8.21. The van der Waals surface area contributed by atoms with E-state index in [-0.39, 0.29) is 24.3 Å². The van der Waals surface area contributed by atoms with Crippen LogP contribution in [0.15, 0.2) is 48.5 Å². The minimum absolute atomic E-state index is 0.0381. The number of rotatable bonds is 9. The fourth-order valence-corrected chi connectivity index (χ4v) is 3.68. The number of carbonyl (C=O) groups is 3. The number of hydrogen-bond donors (Lipinski definition) is 2. The topological polar surface area (TPSA) is 78.5 Å². The van der Waals surface area contributed by atoms with Crippen LogP contribution in [0.5, 0.6) is 0 Å². The van der Waals surface area contributed by atoms with Gasteiger partial charge in [0.2, 0.25) is 17.7 Å².